The highest BCUT2D eigenvalue weighted by atomic mass is 32.2. The Balaban J connectivity index is 2.04. The molecule has 112 valence electrons. The lowest BCUT2D eigenvalue weighted by atomic mass is 9.87. The third kappa shape index (κ3) is 4.32. The topological polar surface area (TPSA) is 37.4 Å². The molecule has 0 fully saturated rings. The molecule has 1 atom stereocenters. The minimum absolute atomic E-state index is 0.269. The summed E-state index contributed by atoms with van der Waals surface area (Å²) in [5.41, 5.74) is 2.90. The summed E-state index contributed by atoms with van der Waals surface area (Å²) in [6, 6.07) is 9.12. The zero-order chi connectivity index (χ0) is 14.6. The van der Waals surface area contributed by atoms with Crippen LogP contribution in [0, 0.1) is 0 Å². The van der Waals surface area contributed by atoms with Gasteiger partial charge in [0.05, 0.1) is 5.75 Å². The molecule has 0 aromatic heterocycles. The van der Waals surface area contributed by atoms with Crippen LogP contribution in [0.25, 0.3) is 0 Å². The Kier molecular flexibility index (Phi) is 5.22. The maximum atomic E-state index is 11.4. The van der Waals surface area contributed by atoms with Crippen LogP contribution in [0.4, 0.5) is 0 Å². The molecule has 20 heavy (non-hydrogen) atoms. The standard InChI is InChI=1S/C16H25NO2S/c1-3-10-17(11-12-20(2,18)19)16-9-8-14-6-4-5-7-15(14)13-16/h4-7,16H,3,8-13H2,1-2H3/t16-/m0/s1. The Hall–Kier alpha value is -0.870. The van der Waals surface area contributed by atoms with Crippen LogP contribution in [-0.2, 0) is 22.7 Å². The summed E-state index contributed by atoms with van der Waals surface area (Å²) in [7, 11) is -2.88. The van der Waals surface area contributed by atoms with Crippen LogP contribution in [0.2, 0.25) is 0 Å². The summed E-state index contributed by atoms with van der Waals surface area (Å²) in [4.78, 5) is 2.37. The van der Waals surface area contributed by atoms with E-state index < -0.39 is 9.84 Å². The Morgan fingerprint density at radius 3 is 2.55 bits per heavy atom. The molecule has 0 aliphatic heterocycles. The van der Waals surface area contributed by atoms with Crippen molar-refractivity contribution in [3.63, 3.8) is 0 Å². The molecule has 0 saturated heterocycles. The van der Waals surface area contributed by atoms with Crippen LogP contribution in [0.15, 0.2) is 24.3 Å². The number of aryl methyl sites for hydroxylation is 1. The van der Waals surface area contributed by atoms with Gasteiger partial charge in [-0.2, -0.15) is 0 Å². The largest absolute Gasteiger partial charge is 0.299 e. The maximum Gasteiger partial charge on any atom is 0.148 e. The normalized spacial score (nSPS) is 19.1. The molecule has 0 saturated carbocycles. The second kappa shape index (κ2) is 6.72. The first kappa shape index (κ1) is 15.5. The number of hydrogen-bond acceptors (Lipinski definition) is 3. The van der Waals surface area contributed by atoms with Gasteiger partial charge in [-0.15, -0.1) is 0 Å². The first-order valence-electron chi connectivity index (χ1n) is 7.48. The highest BCUT2D eigenvalue weighted by Gasteiger charge is 2.24. The number of benzene rings is 1. The summed E-state index contributed by atoms with van der Waals surface area (Å²) in [5.74, 6) is 0.269. The van der Waals surface area contributed by atoms with Crippen LogP contribution in [0.5, 0.6) is 0 Å². The minimum Gasteiger partial charge on any atom is -0.299 e. The molecular formula is C16H25NO2S. The number of rotatable bonds is 6. The Labute approximate surface area is 122 Å². The molecule has 0 spiro atoms. The van der Waals surface area contributed by atoms with E-state index in [1.165, 1.54) is 17.4 Å². The lowest BCUT2D eigenvalue weighted by Crippen LogP contribution is -2.42. The van der Waals surface area contributed by atoms with Crippen molar-refractivity contribution in [2.24, 2.45) is 0 Å². The van der Waals surface area contributed by atoms with Gasteiger partial charge in [0.2, 0.25) is 0 Å². The van der Waals surface area contributed by atoms with Crippen LogP contribution in [0.3, 0.4) is 0 Å². The second-order valence-electron chi connectivity index (χ2n) is 5.83. The molecule has 0 heterocycles. The zero-order valence-corrected chi connectivity index (χ0v) is 13.3. The molecule has 3 nitrogen and oxygen atoms in total. The summed E-state index contributed by atoms with van der Waals surface area (Å²) < 4.78 is 22.8. The van der Waals surface area contributed by atoms with Crippen molar-refractivity contribution in [3.8, 4) is 0 Å². The monoisotopic (exact) mass is 295 g/mol. The number of hydrogen-bond donors (Lipinski definition) is 0. The summed E-state index contributed by atoms with van der Waals surface area (Å²) in [6.45, 7) is 3.81. The van der Waals surface area contributed by atoms with Crippen LogP contribution >= 0.6 is 0 Å². The van der Waals surface area contributed by atoms with Crippen molar-refractivity contribution in [1.29, 1.82) is 0 Å². The van der Waals surface area contributed by atoms with Gasteiger partial charge >= 0.3 is 0 Å². The van der Waals surface area contributed by atoms with E-state index in [-0.39, 0.29) is 5.75 Å². The van der Waals surface area contributed by atoms with Gasteiger partial charge in [-0.25, -0.2) is 8.42 Å². The van der Waals surface area contributed by atoms with E-state index in [0.29, 0.717) is 12.6 Å². The smallest absolute Gasteiger partial charge is 0.148 e. The fourth-order valence-corrected chi connectivity index (χ4v) is 3.60. The van der Waals surface area contributed by atoms with E-state index in [1.807, 2.05) is 0 Å². The van der Waals surface area contributed by atoms with Gasteiger partial charge in [-0.3, -0.25) is 4.90 Å². The second-order valence-corrected chi connectivity index (χ2v) is 8.09. The van der Waals surface area contributed by atoms with E-state index in [0.717, 1.165) is 32.2 Å². The number of fused-ring (bicyclic) bond motifs is 1. The fraction of sp³-hybridized carbons (Fsp3) is 0.625. The molecule has 0 radical (unpaired) electrons. The lowest BCUT2D eigenvalue weighted by Gasteiger charge is -2.35. The highest BCUT2D eigenvalue weighted by molar-refractivity contribution is 7.90. The average Bonchev–Trinajstić information content (AvgIpc) is 2.42. The lowest BCUT2D eigenvalue weighted by molar-refractivity contribution is 0.190. The van der Waals surface area contributed by atoms with Gasteiger partial charge < -0.3 is 0 Å². The SMILES string of the molecule is CCCN(CCS(C)(=O)=O)[C@H]1CCc2ccccc2C1. The Bertz CT molecular complexity index is 539. The van der Waals surface area contributed by atoms with Crippen LogP contribution in [-0.4, -0.2) is 44.5 Å². The first-order valence-corrected chi connectivity index (χ1v) is 9.54. The zero-order valence-electron chi connectivity index (χ0n) is 12.5. The van der Waals surface area contributed by atoms with Crippen LogP contribution in [0.1, 0.15) is 30.9 Å². The van der Waals surface area contributed by atoms with E-state index >= 15 is 0 Å². The third-order valence-electron chi connectivity index (χ3n) is 4.10. The molecule has 1 aromatic rings. The van der Waals surface area contributed by atoms with Gasteiger partial charge in [0.1, 0.15) is 9.84 Å². The van der Waals surface area contributed by atoms with Crippen molar-refractivity contribution in [1.82, 2.24) is 4.90 Å². The van der Waals surface area contributed by atoms with Gasteiger partial charge in [0.15, 0.2) is 0 Å². The third-order valence-corrected chi connectivity index (χ3v) is 5.02. The van der Waals surface area contributed by atoms with Gasteiger partial charge in [0.25, 0.3) is 0 Å². The Morgan fingerprint density at radius 2 is 1.90 bits per heavy atom. The molecule has 1 aliphatic carbocycles. The fourth-order valence-electron chi connectivity index (χ4n) is 3.04. The van der Waals surface area contributed by atoms with Crippen LogP contribution < -0.4 is 0 Å². The summed E-state index contributed by atoms with van der Waals surface area (Å²) >= 11 is 0. The molecule has 0 amide bonds. The van der Waals surface area contributed by atoms with E-state index in [2.05, 4.69) is 36.1 Å². The van der Waals surface area contributed by atoms with Gasteiger partial charge in [-0.1, -0.05) is 31.2 Å². The van der Waals surface area contributed by atoms with Crippen molar-refractivity contribution in [3.05, 3.63) is 35.4 Å². The maximum absolute atomic E-state index is 11.4. The van der Waals surface area contributed by atoms with E-state index in [1.54, 1.807) is 0 Å². The highest BCUT2D eigenvalue weighted by Crippen LogP contribution is 2.24. The minimum atomic E-state index is -2.88. The van der Waals surface area contributed by atoms with Crippen molar-refractivity contribution >= 4 is 9.84 Å². The summed E-state index contributed by atoms with van der Waals surface area (Å²) in [5, 5.41) is 0. The summed E-state index contributed by atoms with van der Waals surface area (Å²) in [6.07, 6.45) is 5.70. The quantitative estimate of drug-likeness (QED) is 0.808. The molecule has 0 unspecified atom stereocenters. The molecule has 2 rings (SSSR count). The molecule has 1 aromatic carbocycles. The molecule has 0 N–H and O–H groups in total. The molecule has 1 aliphatic rings. The molecule has 4 heteroatoms. The predicted molar refractivity (Wildman–Crippen MR) is 83.8 cm³/mol. The van der Waals surface area contributed by atoms with Gasteiger partial charge in [-0.05, 0) is 43.4 Å². The Morgan fingerprint density at radius 1 is 1.20 bits per heavy atom. The van der Waals surface area contributed by atoms with Crippen molar-refractivity contribution < 1.29 is 8.42 Å². The molecule has 0 bridgehead atoms. The number of nitrogens with zero attached hydrogens (tertiary/aromatic N) is 1. The predicted octanol–water partition coefficient (Wildman–Crippen LogP) is 2.30. The first-order chi connectivity index (χ1) is 9.49. The van der Waals surface area contributed by atoms with E-state index in [4.69, 9.17) is 0 Å². The van der Waals surface area contributed by atoms with Crippen molar-refractivity contribution in [2.45, 2.75) is 38.6 Å². The van der Waals surface area contributed by atoms with Crippen molar-refractivity contribution in [2.75, 3.05) is 25.1 Å². The van der Waals surface area contributed by atoms with Gasteiger partial charge in [0, 0.05) is 18.8 Å². The van der Waals surface area contributed by atoms with E-state index in [9.17, 15) is 8.42 Å². The number of sulfone groups is 1. The molecular weight excluding hydrogens is 270 g/mol. The average molecular weight is 295 g/mol.